The van der Waals surface area contributed by atoms with Crippen LogP contribution >= 0.6 is 39.0 Å². The smallest absolute Gasteiger partial charge is 0.277 e. The number of thioether (sulfide) groups is 1. The number of benzene rings is 1. The summed E-state index contributed by atoms with van der Waals surface area (Å²) >= 11 is 6.36. The van der Waals surface area contributed by atoms with Gasteiger partial charge in [-0.05, 0) is 31.2 Å². The topological polar surface area (TPSA) is 90.7 Å². The third-order valence-corrected chi connectivity index (χ3v) is 5.48. The van der Waals surface area contributed by atoms with Crippen molar-refractivity contribution < 1.29 is 8.83 Å². The van der Waals surface area contributed by atoms with Crippen LogP contribution in [-0.4, -0.2) is 25.4 Å². The molecule has 0 fully saturated rings. The molecule has 132 valence electrons. The predicted octanol–water partition coefficient (Wildman–Crippen LogP) is 4.53. The summed E-state index contributed by atoms with van der Waals surface area (Å²) in [6.45, 7) is 1.97. The van der Waals surface area contributed by atoms with Gasteiger partial charge in [0.1, 0.15) is 0 Å². The van der Waals surface area contributed by atoms with Gasteiger partial charge in [-0.2, -0.15) is 0 Å². The van der Waals surface area contributed by atoms with Crippen LogP contribution in [0.25, 0.3) is 11.5 Å². The first-order valence-electron chi connectivity index (χ1n) is 7.60. The number of aromatic nitrogens is 5. The van der Waals surface area contributed by atoms with E-state index in [-0.39, 0.29) is 0 Å². The molecule has 7 nitrogen and oxygen atoms in total. The summed E-state index contributed by atoms with van der Waals surface area (Å²) in [5.41, 5.74) is 1.80. The Morgan fingerprint density at radius 2 is 1.85 bits per heavy atom. The van der Waals surface area contributed by atoms with Gasteiger partial charge in [-0.3, -0.25) is 0 Å². The van der Waals surface area contributed by atoms with E-state index >= 15 is 0 Å². The Morgan fingerprint density at radius 3 is 2.62 bits per heavy atom. The SMILES string of the molecule is Cc1nc(Cc2nnc(SCc3nnc(-c4ccc(Br)cc4)o3)o2)cs1. The molecule has 0 aliphatic carbocycles. The lowest BCUT2D eigenvalue weighted by atomic mass is 10.2. The molecule has 0 aliphatic heterocycles. The van der Waals surface area contributed by atoms with E-state index in [1.165, 1.54) is 11.8 Å². The molecule has 0 unspecified atom stereocenters. The van der Waals surface area contributed by atoms with Gasteiger partial charge in [0.15, 0.2) is 0 Å². The van der Waals surface area contributed by atoms with Crippen molar-refractivity contribution in [1.82, 2.24) is 25.4 Å². The summed E-state index contributed by atoms with van der Waals surface area (Å²) in [6.07, 6.45) is 0.534. The molecule has 3 heterocycles. The summed E-state index contributed by atoms with van der Waals surface area (Å²) in [5.74, 6) is 1.99. The lowest BCUT2D eigenvalue weighted by molar-refractivity contribution is 0.418. The Labute approximate surface area is 165 Å². The van der Waals surface area contributed by atoms with E-state index in [0.717, 1.165) is 20.7 Å². The minimum atomic E-state index is 0.459. The maximum absolute atomic E-state index is 5.68. The zero-order valence-electron chi connectivity index (χ0n) is 13.5. The van der Waals surface area contributed by atoms with E-state index in [0.29, 0.717) is 35.1 Å². The largest absolute Gasteiger partial charge is 0.420 e. The van der Waals surface area contributed by atoms with Crippen LogP contribution in [0.1, 0.15) is 22.5 Å². The highest BCUT2D eigenvalue weighted by atomic mass is 79.9. The van der Waals surface area contributed by atoms with E-state index in [2.05, 4.69) is 41.3 Å². The molecule has 0 N–H and O–H groups in total. The van der Waals surface area contributed by atoms with Crippen molar-refractivity contribution in [3.05, 3.63) is 56.6 Å². The van der Waals surface area contributed by atoms with Crippen molar-refractivity contribution in [2.24, 2.45) is 0 Å². The molecule has 1 aromatic carbocycles. The summed E-state index contributed by atoms with van der Waals surface area (Å²) in [4.78, 5) is 4.39. The average Bonchev–Trinajstić information content (AvgIpc) is 3.36. The van der Waals surface area contributed by atoms with E-state index in [9.17, 15) is 0 Å². The zero-order chi connectivity index (χ0) is 17.9. The Morgan fingerprint density at radius 1 is 1.04 bits per heavy atom. The highest BCUT2D eigenvalue weighted by Crippen LogP contribution is 2.25. The van der Waals surface area contributed by atoms with Crippen LogP contribution in [0, 0.1) is 6.92 Å². The molecule has 26 heavy (non-hydrogen) atoms. The van der Waals surface area contributed by atoms with Crippen LogP contribution in [0.4, 0.5) is 0 Å². The fourth-order valence-corrected chi connectivity index (χ4v) is 3.65. The molecule has 0 atom stereocenters. The van der Waals surface area contributed by atoms with Crippen LogP contribution in [0.2, 0.25) is 0 Å². The van der Waals surface area contributed by atoms with Crippen molar-refractivity contribution in [2.45, 2.75) is 24.3 Å². The van der Waals surface area contributed by atoms with Gasteiger partial charge in [0.25, 0.3) is 5.22 Å². The number of halogens is 1. The Kier molecular flexibility index (Phi) is 5.14. The molecule has 0 spiro atoms. The molecule has 0 bridgehead atoms. The van der Waals surface area contributed by atoms with Gasteiger partial charge >= 0.3 is 0 Å². The van der Waals surface area contributed by atoms with Crippen molar-refractivity contribution in [3.63, 3.8) is 0 Å². The van der Waals surface area contributed by atoms with Crippen molar-refractivity contribution in [2.75, 3.05) is 0 Å². The second kappa shape index (κ2) is 7.68. The van der Waals surface area contributed by atoms with Crippen LogP contribution in [0.5, 0.6) is 0 Å². The van der Waals surface area contributed by atoms with Gasteiger partial charge in [-0.1, -0.05) is 27.7 Å². The molecule has 4 aromatic rings. The molecule has 0 saturated carbocycles. The fourth-order valence-electron chi connectivity index (χ4n) is 2.16. The number of nitrogens with zero attached hydrogens (tertiary/aromatic N) is 5. The normalized spacial score (nSPS) is 11.2. The number of hydrogen-bond donors (Lipinski definition) is 0. The summed E-state index contributed by atoms with van der Waals surface area (Å²) in [6, 6.07) is 7.69. The maximum atomic E-state index is 5.68. The molecule has 0 amide bonds. The molecule has 0 aliphatic rings. The van der Waals surface area contributed by atoms with Crippen LogP contribution in [-0.2, 0) is 12.2 Å². The molecule has 3 aromatic heterocycles. The van der Waals surface area contributed by atoms with Gasteiger partial charge in [0.2, 0.25) is 17.7 Å². The first-order valence-corrected chi connectivity index (χ1v) is 10.3. The molecule has 0 radical (unpaired) electrons. The number of rotatable bonds is 6. The van der Waals surface area contributed by atoms with Gasteiger partial charge in [-0.25, -0.2) is 4.98 Å². The van der Waals surface area contributed by atoms with Gasteiger partial charge in [0, 0.05) is 15.4 Å². The Balaban J connectivity index is 1.36. The zero-order valence-corrected chi connectivity index (χ0v) is 16.8. The predicted molar refractivity (Wildman–Crippen MR) is 101 cm³/mol. The lowest BCUT2D eigenvalue weighted by Gasteiger charge is -1.94. The molecular weight excluding hydrogens is 438 g/mol. The monoisotopic (exact) mass is 449 g/mol. The van der Waals surface area contributed by atoms with Gasteiger partial charge < -0.3 is 8.83 Å². The van der Waals surface area contributed by atoms with Crippen molar-refractivity contribution >= 4 is 39.0 Å². The highest BCUT2D eigenvalue weighted by molar-refractivity contribution is 9.10. The molecule has 0 saturated heterocycles. The summed E-state index contributed by atoms with van der Waals surface area (Å²) in [5, 5.41) is 19.7. The van der Waals surface area contributed by atoms with E-state index in [1.807, 2.05) is 36.6 Å². The number of aryl methyl sites for hydroxylation is 1. The van der Waals surface area contributed by atoms with Crippen LogP contribution < -0.4 is 0 Å². The molecule has 10 heteroatoms. The third-order valence-electron chi connectivity index (χ3n) is 3.32. The Bertz CT molecular complexity index is 1010. The van der Waals surface area contributed by atoms with Crippen molar-refractivity contribution in [1.29, 1.82) is 0 Å². The number of hydrogen-bond acceptors (Lipinski definition) is 9. The van der Waals surface area contributed by atoms with E-state index < -0.39 is 0 Å². The quantitative estimate of drug-likeness (QED) is 0.396. The number of thiazole rings is 1. The van der Waals surface area contributed by atoms with Gasteiger partial charge in [-0.15, -0.1) is 31.7 Å². The lowest BCUT2D eigenvalue weighted by Crippen LogP contribution is -1.88. The minimum absolute atomic E-state index is 0.459. The first kappa shape index (κ1) is 17.4. The first-order chi connectivity index (χ1) is 12.7. The van der Waals surface area contributed by atoms with Crippen LogP contribution in [0.15, 0.2) is 48.2 Å². The van der Waals surface area contributed by atoms with Gasteiger partial charge in [0.05, 0.1) is 22.9 Å². The summed E-state index contributed by atoms with van der Waals surface area (Å²) in [7, 11) is 0. The van der Waals surface area contributed by atoms with E-state index in [1.54, 1.807) is 11.3 Å². The third kappa shape index (κ3) is 4.19. The second-order valence-electron chi connectivity index (χ2n) is 5.29. The van der Waals surface area contributed by atoms with Crippen LogP contribution in [0.3, 0.4) is 0 Å². The minimum Gasteiger partial charge on any atom is -0.420 e. The Hall–Kier alpha value is -2.04. The molecular formula is C16H12BrN5O2S2. The standard InChI is InChI=1S/C16H12BrN5O2S2/c1-9-18-12(7-25-9)6-13-19-22-16(24-13)26-8-14-20-21-15(23-14)10-2-4-11(17)5-3-10/h2-5,7H,6,8H2,1H3. The van der Waals surface area contributed by atoms with Crippen molar-refractivity contribution in [3.8, 4) is 11.5 Å². The molecule has 4 rings (SSSR count). The van der Waals surface area contributed by atoms with E-state index in [4.69, 9.17) is 8.83 Å². The summed E-state index contributed by atoms with van der Waals surface area (Å²) < 4.78 is 12.3. The maximum Gasteiger partial charge on any atom is 0.277 e. The second-order valence-corrected chi connectivity index (χ2v) is 8.20. The highest BCUT2D eigenvalue weighted by Gasteiger charge is 2.13. The average molecular weight is 450 g/mol. The fraction of sp³-hybridized carbons (Fsp3) is 0.188.